The van der Waals surface area contributed by atoms with Crippen molar-refractivity contribution in [3.63, 3.8) is 0 Å². The Kier molecular flexibility index (Phi) is 3.64. The minimum atomic E-state index is -0.457. The molecule has 0 aliphatic rings. The maximum atomic E-state index is 6.14. The lowest BCUT2D eigenvalue weighted by Crippen LogP contribution is -2.16. The second-order valence-electron chi connectivity index (χ2n) is 3.64. The van der Waals surface area contributed by atoms with Crippen molar-refractivity contribution in [1.82, 2.24) is 9.78 Å². The van der Waals surface area contributed by atoms with Crippen molar-refractivity contribution < 1.29 is 0 Å². The van der Waals surface area contributed by atoms with E-state index in [0.717, 1.165) is 5.56 Å². The molecule has 1 atom stereocenters. The fourth-order valence-corrected chi connectivity index (χ4v) is 2.37. The summed E-state index contributed by atoms with van der Waals surface area (Å²) in [5.74, 6) is 0. The summed E-state index contributed by atoms with van der Waals surface area (Å²) < 4.78 is 1.63. The molecule has 90 valence electrons. The lowest BCUT2D eigenvalue weighted by atomic mass is 10.0. The quantitative estimate of drug-likeness (QED) is 0.921. The predicted molar refractivity (Wildman–Crippen MR) is 70.7 cm³/mol. The number of benzene rings is 1. The molecule has 0 bridgehead atoms. The Morgan fingerprint density at radius 1 is 1.24 bits per heavy atom. The Bertz CT molecular complexity index is 531. The smallest absolute Gasteiger partial charge is 0.0837 e. The molecule has 0 aliphatic carbocycles. The van der Waals surface area contributed by atoms with E-state index in [1.54, 1.807) is 36.1 Å². The molecule has 1 heterocycles. The van der Waals surface area contributed by atoms with Crippen LogP contribution in [0.5, 0.6) is 0 Å². The van der Waals surface area contributed by atoms with Crippen LogP contribution in [0.3, 0.4) is 0 Å². The van der Waals surface area contributed by atoms with Crippen LogP contribution < -0.4 is 5.73 Å². The fourth-order valence-electron chi connectivity index (χ4n) is 1.67. The normalized spacial score (nSPS) is 12.8. The monoisotopic (exact) mass is 289 g/mol. The molecular weight excluding hydrogens is 281 g/mol. The topological polar surface area (TPSA) is 43.8 Å². The average molecular weight is 291 g/mol. The van der Waals surface area contributed by atoms with Crippen LogP contribution in [0, 0.1) is 0 Å². The van der Waals surface area contributed by atoms with Crippen LogP contribution in [-0.2, 0) is 7.05 Å². The predicted octanol–water partition coefficient (Wildman–Crippen LogP) is 3.43. The van der Waals surface area contributed by atoms with Gasteiger partial charge in [0.25, 0.3) is 0 Å². The molecule has 1 aromatic heterocycles. The first-order valence-electron chi connectivity index (χ1n) is 4.88. The highest BCUT2D eigenvalue weighted by Crippen LogP contribution is 2.31. The zero-order chi connectivity index (χ0) is 12.6. The molecule has 2 N–H and O–H groups in total. The van der Waals surface area contributed by atoms with Crippen LogP contribution in [0.4, 0.5) is 0 Å². The van der Waals surface area contributed by atoms with Gasteiger partial charge < -0.3 is 5.73 Å². The molecule has 0 aliphatic heterocycles. The third-order valence-corrected chi connectivity index (χ3v) is 3.40. The zero-order valence-electron chi connectivity index (χ0n) is 8.99. The van der Waals surface area contributed by atoms with E-state index in [2.05, 4.69) is 5.10 Å². The molecule has 2 aromatic rings. The summed E-state index contributed by atoms with van der Waals surface area (Å²) in [5.41, 5.74) is 7.57. The van der Waals surface area contributed by atoms with Crippen molar-refractivity contribution in [2.24, 2.45) is 12.8 Å². The van der Waals surface area contributed by atoms with Gasteiger partial charge in [-0.1, -0.05) is 34.8 Å². The van der Waals surface area contributed by atoms with Crippen LogP contribution in [0.2, 0.25) is 15.1 Å². The van der Waals surface area contributed by atoms with E-state index < -0.39 is 6.04 Å². The van der Waals surface area contributed by atoms with Crippen molar-refractivity contribution in [3.05, 3.63) is 50.7 Å². The van der Waals surface area contributed by atoms with E-state index in [4.69, 9.17) is 40.5 Å². The highest BCUT2D eigenvalue weighted by atomic mass is 35.5. The number of nitrogens with two attached hydrogens (primary N) is 1. The second kappa shape index (κ2) is 4.86. The molecule has 6 heteroatoms. The first-order valence-corrected chi connectivity index (χ1v) is 6.02. The molecule has 0 amide bonds. The Morgan fingerprint density at radius 2 is 1.94 bits per heavy atom. The average Bonchev–Trinajstić information content (AvgIpc) is 2.61. The molecule has 17 heavy (non-hydrogen) atoms. The molecule has 1 aromatic carbocycles. The second-order valence-corrected chi connectivity index (χ2v) is 4.90. The molecule has 0 saturated heterocycles. The van der Waals surface area contributed by atoms with E-state index in [0.29, 0.717) is 20.8 Å². The highest BCUT2D eigenvalue weighted by Gasteiger charge is 2.19. The number of aromatic nitrogens is 2. The van der Waals surface area contributed by atoms with E-state index >= 15 is 0 Å². The van der Waals surface area contributed by atoms with Gasteiger partial charge in [-0.3, -0.25) is 4.68 Å². The van der Waals surface area contributed by atoms with E-state index in [1.165, 1.54) is 0 Å². The van der Waals surface area contributed by atoms with Gasteiger partial charge in [-0.15, -0.1) is 0 Å². The molecule has 0 fully saturated rings. The molecule has 2 rings (SSSR count). The number of rotatable bonds is 2. The van der Waals surface area contributed by atoms with Crippen LogP contribution in [-0.4, -0.2) is 9.78 Å². The van der Waals surface area contributed by atoms with Crippen LogP contribution in [0.25, 0.3) is 0 Å². The van der Waals surface area contributed by atoms with Gasteiger partial charge in [0.1, 0.15) is 0 Å². The standard InChI is InChI=1S/C11H10Cl3N3/c1-17-11(9(14)5-16-17)10(15)7-4-6(12)2-3-8(7)13/h2-5,10H,15H2,1H3. The van der Waals surface area contributed by atoms with Gasteiger partial charge in [0.05, 0.1) is 23.0 Å². The summed E-state index contributed by atoms with van der Waals surface area (Å²) in [6.07, 6.45) is 1.55. The Hall–Kier alpha value is -0.740. The first-order chi connectivity index (χ1) is 8.00. The van der Waals surface area contributed by atoms with Gasteiger partial charge >= 0.3 is 0 Å². The summed E-state index contributed by atoms with van der Waals surface area (Å²) in [6, 6.07) is 4.70. The highest BCUT2D eigenvalue weighted by molar-refractivity contribution is 6.34. The summed E-state index contributed by atoms with van der Waals surface area (Å²) in [6.45, 7) is 0. The van der Waals surface area contributed by atoms with Gasteiger partial charge in [0.2, 0.25) is 0 Å². The van der Waals surface area contributed by atoms with Crippen LogP contribution in [0.15, 0.2) is 24.4 Å². The minimum absolute atomic E-state index is 0.457. The van der Waals surface area contributed by atoms with Crippen LogP contribution >= 0.6 is 34.8 Å². The Morgan fingerprint density at radius 3 is 2.53 bits per heavy atom. The number of nitrogens with zero attached hydrogens (tertiary/aromatic N) is 2. The number of hydrogen-bond donors (Lipinski definition) is 1. The van der Waals surface area contributed by atoms with Crippen molar-refractivity contribution in [2.75, 3.05) is 0 Å². The molecule has 1 unspecified atom stereocenters. The Labute approximate surface area is 114 Å². The van der Waals surface area contributed by atoms with Crippen molar-refractivity contribution in [1.29, 1.82) is 0 Å². The summed E-state index contributed by atoms with van der Waals surface area (Å²) >= 11 is 18.1. The third kappa shape index (κ3) is 2.43. The first kappa shape index (κ1) is 12.7. The van der Waals surface area contributed by atoms with Gasteiger partial charge in [-0.25, -0.2) is 0 Å². The molecule has 3 nitrogen and oxygen atoms in total. The van der Waals surface area contributed by atoms with E-state index in [9.17, 15) is 0 Å². The largest absolute Gasteiger partial charge is 0.319 e. The summed E-state index contributed by atoms with van der Waals surface area (Å²) in [4.78, 5) is 0. The van der Waals surface area contributed by atoms with Gasteiger partial charge in [0, 0.05) is 17.1 Å². The molecule has 0 saturated carbocycles. The maximum absolute atomic E-state index is 6.14. The SMILES string of the molecule is Cn1ncc(Cl)c1C(N)c1cc(Cl)ccc1Cl. The molecule has 0 spiro atoms. The van der Waals surface area contributed by atoms with Crippen molar-refractivity contribution in [2.45, 2.75) is 6.04 Å². The summed E-state index contributed by atoms with van der Waals surface area (Å²) in [7, 11) is 1.78. The number of halogens is 3. The summed E-state index contributed by atoms with van der Waals surface area (Å²) in [5, 5.41) is 5.69. The number of hydrogen-bond acceptors (Lipinski definition) is 2. The van der Waals surface area contributed by atoms with Crippen molar-refractivity contribution >= 4 is 34.8 Å². The fraction of sp³-hybridized carbons (Fsp3) is 0.182. The third-order valence-electron chi connectivity index (χ3n) is 2.53. The molecular formula is C11H10Cl3N3. The minimum Gasteiger partial charge on any atom is -0.319 e. The van der Waals surface area contributed by atoms with Crippen LogP contribution in [0.1, 0.15) is 17.3 Å². The van der Waals surface area contributed by atoms with Crippen molar-refractivity contribution in [3.8, 4) is 0 Å². The lowest BCUT2D eigenvalue weighted by Gasteiger charge is -2.15. The van der Waals surface area contributed by atoms with E-state index in [-0.39, 0.29) is 0 Å². The van der Waals surface area contributed by atoms with E-state index in [1.807, 2.05) is 0 Å². The maximum Gasteiger partial charge on any atom is 0.0837 e. The molecule has 0 radical (unpaired) electrons. The van der Waals surface area contributed by atoms with Gasteiger partial charge in [0.15, 0.2) is 0 Å². The number of aryl methyl sites for hydroxylation is 1. The lowest BCUT2D eigenvalue weighted by molar-refractivity contribution is 0.673. The Balaban J connectivity index is 2.50. The van der Waals surface area contributed by atoms with Gasteiger partial charge in [-0.05, 0) is 23.8 Å². The van der Waals surface area contributed by atoms with Gasteiger partial charge in [-0.2, -0.15) is 5.10 Å². The zero-order valence-corrected chi connectivity index (χ0v) is 11.3.